The van der Waals surface area contributed by atoms with Gasteiger partial charge in [-0.05, 0) is 31.8 Å². The van der Waals surface area contributed by atoms with Crippen LogP contribution in [0.1, 0.15) is 25.7 Å². The van der Waals surface area contributed by atoms with Crippen molar-refractivity contribution in [2.75, 3.05) is 13.7 Å². The van der Waals surface area contributed by atoms with Crippen molar-refractivity contribution in [3.05, 3.63) is 12.2 Å². The monoisotopic (exact) mass is 212 g/mol. The second kappa shape index (κ2) is 6.58. The Morgan fingerprint density at radius 3 is 2.67 bits per heavy atom. The zero-order valence-electron chi connectivity index (χ0n) is 9.24. The van der Waals surface area contributed by atoms with Crippen LogP contribution in [0.25, 0.3) is 0 Å². The highest BCUT2D eigenvalue weighted by molar-refractivity contribution is 5.85. The van der Waals surface area contributed by atoms with E-state index in [1.165, 1.54) is 6.08 Å². The van der Waals surface area contributed by atoms with Crippen LogP contribution >= 0.6 is 0 Å². The molecule has 0 radical (unpaired) electrons. The molecule has 4 heteroatoms. The fourth-order valence-electron chi connectivity index (χ4n) is 1.91. The van der Waals surface area contributed by atoms with E-state index < -0.39 is 0 Å². The maximum atomic E-state index is 10.4. The van der Waals surface area contributed by atoms with E-state index >= 15 is 0 Å². The highest BCUT2D eigenvalue weighted by atomic mass is 16.5. The smallest absolute Gasteiger partial charge is 0.241 e. The minimum Gasteiger partial charge on any atom is -0.381 e. The van der Waals surface area contributed by atoms with E-state index in [1.54, 1.807) is 13.2 Å². The summed E-state index contributed by atoms with van der Waals surface area (Å²) in [7, 11) is 1.77. The minimum atomic E-state index is -0.389. The summed E-state index contributed by atoms with van der Waals surface area (Å²) >= 11 is 0. The van der Waals surface area contributed by atoms with Crippen molar-refractivity contribution in [3.63, 3.8) is 0 Å². The summed E-state index contributed by atoms with van der Waals surface area (Å²) in [5.41, 5.74) is 4.98. The number of primary amides is 1. The van der Waals surface area contributed by atoms with Crippen molar-refractivity contribution in [1.82, 2.24) is 5.32 Å². The molecule has 4 nitrogen and oxygen atoms in total. The molecule has 0 heterocycles. The molecule has 1 aliphatic rings. The van der Waals surface area contributed by atoms with Crippen molar-refractivity contribution in [3.8, 4) is 0 Å². The lowest BCUT2D eigenvalue weighted by atomic mass is 9.93. The Labute approximate surface area is 90.9 Å². The molecule has 0 aromatic rings. The number of carbonyl (C=O) groups excluding carboxylic acids is 1. The largest absolute Gasteiger partial charge is 0.381 e. The Bertz CT molecular complexity index is 221. The first kappa shape index (κ1) is 12.2. The molecule has 1 saturated carbocycles. The lowest BCUT2D eigenvalue weighted by molar-refractivity contribution is -0.113. The molecule has 0 spiro atoms. The molecule has 1 fully saturated rings. The van der Waals surface area contributed by atoms with Gasteiger partial charge in [-0.1, -0.05) is 6.08 Å². The summed E-state index contributed by atoms with van der Waals surface area (Å²) < 4.78 is 5.29. The Balaban J connectivity index is 2.11. The van der Waals surface area contributed by atoms with Gasteiger partial charge in [-0.3, -0.25) is 4.79 Å². The summed E-state index contributed by atoms with van der Waals surface area (Å²) in [6, 6.07) is 0.550. The van der Waals surface area contributed by atoms with Crippen LogP contribution in [0, 0.1) is 0 Å². The zero-order chi connectivity index (χ0) is 11.1. The van der Waals surface area contributed by atoms with Crippen molar-refractivity contribution in [2.45, 2.75) is 37.8 Å². The lowest BCUT2D eigenvalue weighted by Crippen LogP contribution is -2.35. The number of rotatable bonds is 5. The lowest BCUT2D eigenvalue weighted by Gasteiger charge is -2.27. The van der Waals surface area contributed by atoms with Gasteiger partial charge in [-0.2, -0.15) is 0 Å². The van der Waals surface area contributed by atoms with E-state index in [1.807, 2.05) is 0 Å². The molecule has 0 bridgehead atoms. The van der Waals surface area contributed by atoms with Gasteiger partial charge in [0, 0.05) is 19.7 Å². The van der Waals surface area contributed by atoms with Crippen molar-refractivity contribution < 1.29 is 9.53 Å². The highest BCUT2D eigenvalue weighted by Crippen LogP contribution is 2.20. The van der Waals surface area contributed by atoms with Gasteiger partial charge in [0.05, 0.1) is 6.10 Å². The van der Waals surface area contributed by atoms with E-state index in [4.69, 9.17) is 10.5 Å². The summed E-state index contributed by atoms with van der Waals surface area (Å²) in [5, 5.41) is 3.37. The average molecular weight is 212 g/mol. The third-order valence-corrected chi connectivity index (χ3v) is 2.81. The summed E-state index contributed by atoms with van der Waals surface area (Å²) in [6.45, 7) is 0.714. The minimum absolute atomic E-state index is 0.389. The van der Waals surface area contributed by atoms with Crippen molar-refractivity contribution >= 4 is 5.91 Å². The summed E-state index contributed by atoms with van der Waals surface area (Å²) in [6.07, 6.45) is 8.12. The van der Waals surface area contributed by atoms with Gasteiger partial charge in [0.2, 0.25) is 5.91 Å². The maximum Gasteiger partial charge on any atom is 0.241 e. The van der Waals surface area contributed by atoms with Gasteiger partial charge in [0.25, 0.3) is 0 Å². The zero-order valence-corrected chi connectivity index (χ0v) is 9.24. The highest BCUT2D eigenvalue weighted by Gasteiger charge is 2.19. The van der Waals surface area contributed by atoms with Crippen LogP contribution in [0.5, 0.6) is 0 Å². The fourth-order valence-corrected chi connectivity index (χ4v) is 1.91. The van der Waals surface area contributed by atoms with Crippen LogP contribution in [0.4, 0.5) is 0 Å². The molecule has 1 amide bonds. The summed E-state index contributed by atoms with van der Waals surface area (Å²) in [4.78, 5) is 10.4. The van der Waals surface area contributed by atoms with Crippen LogP contribution in [-0.2, 0) is 9.53 Å². The maximum absolute atomic E-state index is 10.4. The third kappa shape index (κ3) is 4.95. The van der Waals surface area contributed by atoms with E-state index in [0.29, 0.717) is 18.7 Å². The number of hydrogen-bond acceptors (Lipinski definition) is 3. The molecule has 0 unspecified atom stereocenters. The van der Waals surface area contributed by atoms with Crippen molar-refractivity contribution in [2.24, 2.45) is 5.73 Å². The van der Waals surface area contributed by atoms with Gasteiger partial charge in [0.15, 0.2) is 0 Å². The van der Waals surface area contributed by atoms with Gasteiger partial charge in [0.1, 0.15) is 0 Å². The standard InChI is InChI=1S/C11H20N2O2/c1-15-10-6-4-9(5-7-10)13-8-2-3-11(12)14/h2-3,9-10,13H,4-8H2,1H3,(H2,12,14)/b3-2+. The van der Waals surface area contributed by atoms with Crippen LogP contribution in [-0.4, -0.2) is 31.7 Å². The van der Waals surface area contributed by atoms with E-state index in [9.17, 15) is 4.79 Å². The first-order valence-electron chi connectivity index (χ1n) is 5.44. The number of nitrogens with one attached hydrogen (secondary N) is 1. The Kier molecular flexibility index (Phi) is 5.36. The third-order valence-electron chi connectivity index (χ3n) is 2.81. The molecule has 0 aromatic carbocycles. The second-order valence-electron chi connectivity index (χ2n) is 3.92. The predicted molar refractivity (Wildman–Crippen MR) is 59.4 cm³/mol. The van der Waals surface area contributed by atoms with E-state index in [-0.39, 0.29) is 5.91 Å². The van der Waals surface area contributed by atoms with E-state index in [2.05, 4.69) is 5.32 Å². The first-order valence-corrected chi connectivity index (χ1v) is 5.44. The number of nitrogens with two attached hydrogens (primary N) is 1. The van der Waals surface area contributed by atoms with Crippen LogP contribution in [0.15, 0.2) is 12.2 Å². The topological polar surface area (TPSA) is 64.3 Å². The van der Waals surface area contributed by atoms with E-state index in [0.717, 1.165) is 25.7 Å². The molecule has 0 aromatic heterocycles. The Hall–Kier alpha value is -0.870. The second-order valence-corrected chi connectivity index (χ2v) is 3.92. The Morgan fingerprint density at radius 1 is 1.47 bits per heavy atom. The summed E-state index contributed by atoms with van der Waals surface area (Å²) in [5.74, 6) is -0.389. The van der Waals surface area contributed by atoms with Crippen molar-refractivity contribution in [1.29, 1.82) is 0 Å². The molecule has 86 valence electrons. The fraction of sp³-hybridized carbons (Fsp3) is 0.727. The molecule has 1 rings (SSSR count). The average Bonchev–Trinajstić information content (AvgIpc) is 2.25. The molecule has 3 N–H and O–H groups in total. The van der Waals surface area contributed by atoms with Gasteiger partial charge in [-0.25, -0.2) is 0 Å². The molecular formula is C11H20N2O2. The normalized spacial score (nSPS) is 27.0. The SMILES string of the molecule is COC1CCC(NC/C=C/C(N)=O)CC1. The predicted octanol–water partition coefficient (Wildman–Crippen LogP) is 0.575. The van der Waals surface area contributed by atoms with Crippen LogP contribution < -0.4 is 11.1 Å². The molecule has 1 aliphatic carbocycles. The molecule has 0 atom stereocenters. The molecule has 0 saturated heterocycles. The number of hydrogen-bond donors (Lipinski definition) is 2. The first-order chi connectivity index (χ1) is 7.22. The van der Waals surface area contributed by atoms with Crippen LogP contribution in [0.3, 0.4) is 0 Å². The number of ether oxygens (including phenoxy) is 1. The van der Waals surface area contributed by atoms with Gasteiger partial charge >= 0.3 is 0 Å². The number of methoxy groups -OCH3 is 1. The van der Waals surface area contributed by atoms with Gasteiger partial charge < -0.3 is 15.8 Å². The van der Waals surface area contributed by atoms with Crippen LogP contribution in [0.2, 0.25) is 0 Å². The molecular weight excluding hydrogens is 192 g/mol. The molecule has 15 heavy (non-hydrogen) atoms. The Morgan fingerprint density at radius 2 is 2.13 bits per heavy atom. The number of amides is 1. The quantitative estimate of drug-likeness (QED) is 0.655. The van der Waals surface area contributed by atoms with Gasteiger partial charge in [-0.15, -0.1) is 0 Å². The molecule has 0 aliphatic heterocycles. The number of carbonyl (C=O) groups is 1.